The van der Waals surface area contributed by atoms with Crippen LogP contribution in [0.15, 0.2) is 78.5 Å². The number of ether oxygens (including phenoxy) is 1. The van der Waals surface area contributed by atoms with Crippen LogP contribution in [0.4, 0.5) is 5.82 Å². The number of allylic oxidation sites excluding steroid dienone is 4. The Hall–Kier alpha value is -4.47. The van der Waals surface area contributed by atoms with Crippen molar-refractivity contribution in [2.75, 3.05) is 19.0 Å². The second kappa shape index (κ2) is 12.5. The van der Waals surface area contributed by atoms with E-state index in [0.29, 0.717) is 33.8 Å². The van der Waals surface area contributed by atoms with E-state index in [1.165, 1.54) is 18.5 Å². The van der Waals surface area contributed by atoms with Gasteiger partial charge in [-0.1, -0.05) is 13.8 Å². The highest BCUT2D eigenvalue weighted by Gasteiger charge is 2.12. The molecular weight excluding hydrogens is 430 g/mol. The summed E-state index contributed by atoms with van der Waals surface area (Å²) in [6.07, 6.45) is 11.1. The summed E-state index contributed by atoms with van der Waals surface area (Å²) < 4.78 is 5.42. The zero-order valence-corrected chi connectivity index (χ0v) is 19.7. The van der Waals surface area contributed by atoms with Gasteiger partial charge in [0.1, 0.15) is 18.2 Å². The Morgan fingerprint density at radius 2 is 1.97 bits per heavy atom. The van der Waals surface area contributed by atoms with Crippen molar-refractivity contribution in [3.05, 3.63) is 84.1 Å². The number of nitrogens with one attached hydrogen (secondary N) is 3. The van der Waals surface area contributed by atoms with Gasteiger partial charge in [0, 0.05) is 30.6 Å². The minimum Gasteiger partial charge on any atom is -0.473 e. The number of nitrogens with zero attached hydrogens (tertiary/aromatic N) is 2. The molecule has 0 atom stereocenters. The van der Waals surface area contributed by atoms with Crippen LogP contribution in [-0.4, -0.2) is 29.3 Å². The van der Waals surface area contributed by atoms with Crippen molar-refractivity contribution >= 4 is 28.1 Å². The van der Waals surface area contributed by atoms with Crippen LogP contribution in [-0.2, 0) is 4.74 Å². The Bertz CT molecular complexity index is 1160. The molecule has 0 aliphatic carbocycles. The fourth-order valence-electron chi connectivity index (χ4n) is 2.92. The van der Waals surface area contributed by atoms with Crippen LogP contribution in [0, 0.1) is 11.3 Å². The Balaban J connectivity index is 2.29. The lowest BCUT2D eigenvalue weighted by Gasteiger charge is -2.13. The molecule has 2 rings (SSSR count). The number of rotatable bonds is 11. The number of hydrogen-bond acceptors (Lipinski definition) is 10. The molecule has 0 amide bonds. The molecule has 2 heterocycles. The first kappa shape index (κ1) is 25.8. The van der Waals surface area contributed by atoms with E-state index in [-0.39, 0.29) is 24.1 Å². The highest BCUT2D eigenvalue weighted by Crippen LogP contribution is 2.21. The third kappa shape index (κ3) is 7.30. The second-order valence-corrected chi connectivity index (χ2v) is 7.57. The van der Waals surface area contributed by atoms with Gasteiger partial charge in [-0.15, -0.1) is 0 Å². The normalized spacial score (nSPS) is 13.5. The molecule has 0 aromatic carbocycles. The van der Waals surface area contributed by atoms with E-state index < -0.39 is 0 Å². The van der Waals surface area contributed by atoms with Gasteiger partial charge in [-0.25, -0.2) is 4.98 Å². The van der Waals surface area contributed by atoms with Gasteiger partial charge in [-0.3, -0.25) is 4.98 Å². The Kier molecular flexibility index (Phi) is 9.51. The standard InChI is InChI=1S/C24H33N9O/c1-15(2)16(11-26)10-22(28)33-24-7-6-20-21(32-24)9-17(12-31-20)18(13-30-3)19(27)14-34-23(29)5-4-8-25/h4-13,15,27,30H,14,25-26,28-29H2,1-3H3,(H,32,33)/b8-4-,16-11+,18-13-,22-10+,23-5+,27-19?. The predicted octanol–water partition coefficient (Wildman–Crippen LogP) is 2.21. The van der Waals surface area contributed by atoms with Crippen LogP contribution >= 0.6 is 0 Å². The molecule has 2 aromatic heterocycles. The third-order valence-corrected chi connectivity index (χ3v) is 4.67. The molecule has 0 saturated carbocycles. The number of anilines is 1. The van der Waals surface area contributed by atoms with Crippen molar-refractivity contribution in [1.29, 1.82) is 5.41 Å². The fourth-order valence-corrected chi connectivity index (χ4v) is 2.92. The highest BCUT2D eigenvalue weighted by molar-refractivity contribution is 6.23. The van der Waals surface area contributed by atoms with Crippen molar-refractivity contribution in [1.82, 2.24) is 15.3 Å². The lowest BCUT2D eigenvalue weighted by Crippen LogP contribution is -2.15. The zero-order chi connectivity index (χ0) is 25.1. The smallest absolute Gasteiger partial charge is 0.184 e. The van der Waals surface area contributed by atoms with Gasteiger partial charge < -0.3 is 43.7 Å². The molecule has 0 aliphatic heterocycles. The predicted molar refractivity (Wildman–Crippen MR) is 139 cm³/mol. The number of nitrogens with two attached hydrogens (primary N) is 4. The van der Waals surface area contributed by atoms with Gasteiger partial charge in [0.2, 0.25) is 0 Å². The average Bonchev–Trinajstić information content (AvgIpc) is 2.82. The summed E-state index contributed by atoms with van der Waals surface area (Å²) in [5.41, 5.74) is 26.6. The Labute approximate surface area is 199 Å². The molecule has 0 unspecified atom stereocenters. The van der Waals surface area contributed by atoms with Crippen LogP contribution in [0.2, 0.25) is 0 Å². The van der Waals surface area contributed by atoms with E-state index >= 15 is 0 Å². The van der Waals surface area contributed by atoms with Gasteiger partial charge >= 0.3 is 0 Å². The van der Waals surface area contributed by atoms with Crippen LogP contribution in [0.25, 0.3) is 16.6 Å². The summed E-state index contributed by atoms with van der Waals surface area (Å²) in [7, 11) is 1.75. The first-order valence-corrected chi connectivity index (χ1v) is 10.6. The summed E-state index contributed by atoms with van der Waals surface area (Å²) in [6.45, 7) is 4.03. The monoisotopic (exact) mass is 463 g/mol. The molecule has 34 heavy (non-hydrogen) atoms. The van der Waals surface area contributed by atoms with E-state index in [2.05, 4.69) is 20.6 Å². The number of aromatic nitrogens is 2. The molecule has 0 radical (unpaired) electrons. The van der Waals surface area contributed by atoms with E-state index in [9.17, 15) is 0 Å². The van der Waals surface area contributed by atoms with E-state index in [1.54, 1.807) is 37.7 Å². The van der Waals surface area contributed by atoms with Crippen LogP contribution < -0.4 is 33.6 Å². The number of pyridine rings is 2. The van der Waals surface area contributed by atoms with E-state index in [4.69, 9.17) is 33.1 Å². The lowest BCUT2D eigenvalue weighted by atomic mass is 10.0. The Morgan fingerprint density at radius 3 is 2.62 bits per heavy atom. The van der Waals surface area contributed by atoms with Gasteiger partial charge in [-0.05, 0) is 60.3 Å². The maximum atomic E-state index is 8.46. The number of hydrogen-bond donors (Lipinski definition) is 7. The Morgan fingerprint density at radius 1 is 1.21 bits per heavy atom. The molecule has 0 aliphatic rings. The lowest BCUT2D eigenvalue weighted by molar-refractivity contribution is 0.256. The molecule has 2 aromatic rings. The summed E-state index contributed by atoms with van der Waals surface area (Å²) in [5.74, 6) is 1.37. The van der Waals surface area contributed by atoms with Crippen LogP contribution in [0.5, 0.6) is 0 Å². The zero-order valence-electron chi connectivity index (χ0n) is 19.7. The minimum absolute atomic E-state index is 0.0322. The maximum absolute atomic E-state index is 8.46. The molecule has 11 N–H and O–H groups in total. The summed E-state index contributed by atoms with van der Waals surface area (Å²) >= 11 is 0. The first-order valence-electron chi connectivity index (χ1n) is 10.6. The molecular formula is C24H33N9O. The average molecular weight is 464 g/mol. The topological polar surface area (TPSA) is 187 Å². The summed E-state index contributed by atoms with van der Waals surface area (Å²) in [6, 6.07) is 5.49. The van der Waals surface area contributed by atoms with E-state index in [0.717, 1.165) is 5.57 Å². The van der Waals surface area contributed by atoms with Crippen molar-refractivity contribution < 1.29 is 4.74 Å². The molecule has 0 fully saturated rings. The van der Waals surface area contributed by atoms with Crippen molar-refractivity contribution in [3.8, 4) is 0 Å². The maximum Gasteiger partial charge on any atom is 0.184 e. The largest absolute Gasteiger partial charge is 0.473 e. The van der Waals surface area contributed by atoms with Crippen LogP contribution in [0.3, 0.4) is 0 Å². The highest BCUT2D eigenvalue weighted by atomic mass is 16.5. The number of fused-ring (bicyclic) bond motifs is 1. The molecule has 0 saturated heterocycles. The van der Waals surface area contributed by atoms with E-state index in [1.807, 2.05) is 26.0 Å². The molecule has 10 nitrogen and oxygen atoms in total. The molecule has 10 heteroatoms. The van der Waals surface area contributed by atoms with Crippen molar-refractivity contribution in [3.63, 3.8) is 0 Å². The van der Waals surface area contributed by atoms with Crippen molar-refractivity contribution in [2.24, 2.45) is 28.9 Å². The van der Waals surface area contributed by atoms with Crippen LogP contribution in [0.1, 0.15) is 19.4 Å². The molecule has 0 bridgehead atoms. The van der Waals surface area contributed by atoms with Crippen molar-refractivity contribution in [2.45, 2.75) is 13.8 Å². The molecule has 0 spiro atoms. The minimum atomic E-state index is -0.0322. The van der Waals surface area contributed by atoms with Gasteiger partial charge in [0.15, 0.2) is 5.88 Å². The quantitative estimate of drug-likeness (QED) is 0.149. The third-order valence-electron chi connectivity index (χ3n) is 4.67. The summed E-state index contributed by atoms with van der Waals surface area (Å²) in [4.78, 5) is 9.10. The summed E-state index contributed by atoms with van der Waals surface area (Å²) in [5, 5.41) is 14.5. The second-order valence-electron chi connectivity index (χ2n) is 7.57. The van der Waals surface area contributed by atoms with Gasteiger partial charge in [0.05, 0.1) is 16.7 Å². The fraction of sp³-hybridized carbons (Fsp3) is 0.208. The van der Waals surface area contributed by atoms with Gasteiger partial charge in [0.25, 0.3) is 0 Å². The SMILES string of the molecule is CN/C=C(\C(=N)CO/C(N)=C/C=C\N)c1cnc2ccc(N/C(N)=C/C(=C\N)C(C)C)nc2c1. The van der Waals surface area contributed by atoms with Gasteiger partial charge in [-0.2, -0.15) is 0 Å². The first-order chi connectivity index (χ1) is 16.3. The molecule has 180 valence electrons.